The molecule has 0 aliphatic heterocycles. The Kier molecular flexibility index (Phi) is 2.42. The monoisotopic (exact) mass is 210 g/mol. The first-order valence-electron chi connectivity index (χ1n) is 4.02. The van der Waals surface area contributed by atoms with Crippen LogP contribution in [0.25, 0.3) is 10.7 Å². The van der Waals surface area contributed by atoms with Crippen LogP contribution < -0.4 is 0 Å². The van der Waals surface area contributed by atoms with E-state index < -0.39 is 0 Å². The predicted molar refractivity (Wildman–Crippen MR) is 59.3 cm³/mol. The van der Waals surface area contributed by atoms with E-state index in [2.05, 4.69) is 22.6 Å². The van der Waals surface area contributed by atoms with E-state index >= 15 is 0 Å². The van der Waals surface area contributed by atoms with E-state index in [0.29, 0.717) is 0 Å². The van der Waals surface area contributed by atoms with Crippen LogP contribution in [0.2, 0.25) is 0 Å². The van der Waals surface area contributed by atoms with Crippen LogP contribution in [0.4, 0.5) is 0 Å². The van der Waals surface area contributed by atoms with Gasteiger partial charge in [-0.1, -0.05) is 0 Å². The summed E-state index contributed by atoms with van der Waals surface area (Å²) in [6.45, 7) is 2.02. The van der Waals surface area contributed by atoms with Crippen molar-refractivity contribution in [3.05, 3.63) is 28.9 Å². The number of aromatic nitrogens is 2. The number of thiol groups is 1. The largest absolute Gasteiger partial charge is 0.359 e. The van der Waals surface area contributed by atoms with E-state index in [1.165, 1.54) is 4.88 Å². The Bertz CT molecular complexity index is 390. The minimum Gasteiger partial charge on any atom is -0.359 e. The summed E-state index contributed by atoms with van der Waals surface area (Å²) in [6.07, 6.45) is 1.91. The van der Waals surface area contributed by atoms with Gasteiger partial charge in [0.2, 0.25) is 0 Å². The van der Waals surface area contributed by atoms with Crippen molar-refractivity contribution in [2.75, 3.05) is 0 Å². The van der Waals surface area contributed by atoms with Crippen LogP contribution in [-0.4, -0.2) is 9.97 Å². The molecule has 0 aromatic carbocycles. The highest BCUT2D eigenvalue weighted by atomic mass is 32.1. The molecule has 0 radical (unpaired) electrons. The molecule has 4 heteroatoms. The normalized spacial score (nSPS) is 10.6. The third kappa shape index (κ3) is 1.64. The average Bonchev–Trinajstić information content (AvgIpc) is 2.71. The zero-order valence-electron chi connectivity index (χ0n) is 7.24. The van der Waals surface area contributed by atoms with Crippen LogP contribution in [0, 0.1) is 6.92 Å². The van der Waals surface area contributed by atoms with Crippen molar-refractivity contribution in [2.24, 2.45) is 0 Å². The van der Waals surface area contributed by atoms with E-state index in [1.807, 2.05) is 25.3 Å². The van der Waals surface area contributed by atoms with Crippen LogP contribution in [0.5, 0.6) is 0 Å². The van der Waals surface area contributed by atoms with Gasteiger partial charge in [0.05, 0.1) is 11.4 Å². The molecule has 1 N–H and O–H groups in total. The Labute approximate surface area is 86.4 Å². The molecule has 2 aromatic rings. The lowest BCUT2D eigenvalue weighted by molar-refractivity contribution is 1.21. The van der Waals surface area contributed by atoms with Gasteiger partial charge in [-0.25, -0.2) is 4.98 Å². The first-order valence-corrected chi connectivity index (χ1v) is 5.47. The van der Waals surface area contributed by atoms with Gasteiger partial charge < -0.3 is 4.98 Å². The topological polar surface area (TPSA) is 28.7 Å². The Hall–Kier alpha value is -0.740. The number of aromatic amines is 1. The predicted octanol–water partition coefficient (Wildman–Crippen LogP) is 2.88. The molecule has 0 aliphatic carbocycles. The number of nitrogens with zero attached hydrogens (tertiary/aromatic N) is 1. The molecule has 2 aromatic heterocycles. The van der Waals surface area contributed by atoms with Crippen LogP contribution in [-0.2, 0) is 5.75 Å². The maximum absolute atomic E-state index is 4.46. The molecule has 2 heterocycles. The third-order valence-electron chi connectivity index (χ3n) is 1.86. The molecule has 68 valence electrons. The summed E-state index contributed by atoms with van der Waals surface area (Å²) < 4.78 is 0. The number of H-pyrrole nitrogens is 1. The van der Waals surface area contributed by atoms with Gasteiger partial charge in [-0.3, -0.25) is 0 Å². The lowest BCUT2D eigenvalue weighted by Crippen LogP contribution is -1.77. The number of hydrogen-bond acceptors (Lipinski definition) is 3. The third-order valence-corrected chi connectivity index (χ3v) is 3.59. The van der Waals surface area contributed by atoms with Gasteiger partial charge in [0.25, 0.3) is 0 Å². The maximum Gasteiger partial charge on any atom is 0.140 e. The highest BCUT2D eigenvalue weighted by molar-refractivity contribution is 7.79. The van der Waals surface area contributed by atoms with E-state index in [1.54, 1.807) is 11.3 Å². The number of thiazole rings is 1. The molecule has 2 nitrogen and oxygen atoms in total. The second-order valence-corrected chi connectivity index (χ2v) is 4.17. The van der Waals surface area contributed by atoms with Crippen LogP contribution in [0.3, 0.4) is 0 Å². The van der Waals surface area contributed by atoms with Gasteiger partial charge in [0.1, 0.15) is 5.01 Å². The van der Waals surface area contributed by atoms with Crippen molar-refractivity contribution in [2.45, 2.75) is 12.7 Å². The molecule has 0 saturated carbocycles. The van der Waals surface area contributed by atoms with Gasteiger partial charge in [0.15, 0.2) is 0 Å². The molecule has 0 unspecified atom stereocenters. The zero-order chi connectivity index (χ0) is 9.26. The SMILES string of the molecule is Cc1nc(-c2ccc[nH]2)sc1CS. The number of nitrogens with one attached hydrogen (secondary N) is 1. The molecular weight excluding hydrogens is 200 g/mol. The number of aryl methyl sites for hydroxylation is 1. The summed E-state index contributed by atoms with van der Waals surface area (Å²) in [7, 11) is 0. The molecular formula is C9H10N2S2. The molecule has 0 aliphatic rings. The average molecular weight is 210 g/mol. The fourth-order valence-corrected chi connectivity index (χ4v) is 2.49. The van der Waals surface area contributed by atoms with Gasteiger partial charge in [0, 0.05) is 16.8 Å². The Morgan fingerprint density at radius 3 is 3.00 bits per heavy atom. The highest BCUT2D eigenvalue weighted by Gasteiger charge is 2.07. The number of rotatable bonds is 2. The summed E-state index contributed by atoms with van der Waals surface area (Å²) in [5.74, 6) is 0.768. The fraction of sp³-hybridized carbons (Fsp3) is 0.222. The molecule has 2 rings (SSSR count). The molecule has 0 spiro atoms. The number of hydrogen-bond donors (Lipinski definition) is 2. The molecule has 13 heavy (non-hydrogen) atoms. The van der Waals surface area contributed by atoms with Gasteiger partial charge in [-0.2, -0.15) is 12.6 Å². The van der Waals surface area contributed by atoms with E-state index in [0.717, 1.165) is 22.1 Å². The quantitative estimate of drug-likeness (QED) is 0.733. The lowest BCUT2D eigenvalue weighted by atomic mass is 10.4. The minimum atomic E-state index is 0.768. The zero-order valence-corrected chi connectivity index (χ0v) is 8.95. The summed E-state index contributed by atoms with van der Waals surface area (Å²) in [5.41, 5.74) is 2.17. The van der Waals surface area contributed by atoms with E-state index in [9.17, 15) is 0 Å². The van der Waals surface area contributed by atoms with Crippen molar-refractivity contribution >= 4 is 24.0 Å². The summed E-state index contributed by atoms with van der Waals surface area (Å²) in [5, 5.41) is 1.05. The Balaban J connectivity index is 2.43. The Morgan fingerprint density at radius 2 is 2.46 bits per heavy atom. The van der Waals surface area contributed by atoms with Crippen LogP contribution in [0.15, 0.2) is 18.3 Å². The van der Waals surface area contributed by atoms with Crippen LogP contribution in [0.1, 0.15) is 10.6 Å². The minimum absolute atomic E-state index is 0.768. The van der Waals surface area contributed by atoms with Gasteiger partial charge in [-0.15, -0.1) is 11.3 Å². The highest BCUT2D eigenvalue weighted by Crippen LogP contribution is 2.27. The lowest BCUT2D eigenvalue weighted by Gasteiger charge is -1.86. The fourth-order valence-electron chi connectivity index (χ4n) is 1.15. The standard InChI is InChI=1S/C9H10N2S2/c1-6-8(5-12)13-9(11-6)7-3-2-4-10-7/h2-4,10,12H,5H2,1H3. The van der Waals surface area contributed by atoms with E-state index in [-0.39, 0.29) is 0 Å². The molecule has 0 fully saturated rings. The summed E-state index contributed by atoms with van der Waals surface area (Å²) >= 11 is 5.95. The van der Waals surface area contributed by atoms with Crippen molar-refractivity contribution in [1.29, 1.82) is 0 Å². The first kappa shape index (κ1) is 8.84. The van der Waals surface area contributed by atoms with Crippen molar-refractivity contribution in [3.63, 3.8) is 0 Å². The smallest absolute Gasteiger partial charge is 0.140 e. The molecule has 0 amide bonds. The second kappa shape index (κ2) is 3.55. The molecule has 0 saturated heterocycles. The van der Waals surface area contributed by atoms with E-state index in [4.69, 9.17) is 0 Å². The molecule has 0 atom stereocenters. The first-order chi connectivity index (χ1) is 6.31. The van der Waals surface area contributed by atoms with Gasteiger partial charge in [-0.05, 0) is 19.1 Å². The summed E-state index contributed by atoms with van der Waals surface area (Å²) in [6, 6.07) is 4.01. The van der Waals surface area contributed by atoms with Crippen molar-refractivity contribution < 1.29 is 0 Å². The van der Waals surface area contributed by atoms with Crippen molar-refractivity contribution in [3.8, 4) is 10.7 Å². The molecule has 0 bridgehead atoms. The summed E-state index contributed by atoms with van der Waals surface area (Å²) in [4.78, 5) is 8.85. The second-order valence-electron chi connectivity index (χ2n) is 2.77. The maximum atomic E-state index is 4.46. The Morgan fingerprint density at radius 1 is 1.62 bits per heavy atom. The van der Waals surface area contributed by atoms with Crippen LogP contribution >= 0.6 is 24.0 Å². The van der Waals surface area contributed by atoms with Gasteiger partial charge >= 0.3 is 0 Å². The van der Waals surface area contributed by atoms with Crippen molar-refractivity contribution in [1.82, 2.24) is 9.97 Å².